The minimum Gasteiger partial charge on any atom is -0.462 e. The summed E-state index contributed by atoms with van der Waals surface area (Å²) in [4.78, 5) is 25.4. The van der Waals surface area contributed by atoms with Crippen molar-refractivity contribution in [3.63, 3.8) is 0 Å². The second-order valence-electron chi connectivity index (χ2n) is 8.08. The van der Waals surface area contributed by atoms with Gasteiger partial charge in [-0.2, -0.15) is 0 Å². The van der Waals surface area contributed by atoms with Crippen molar-refractivity contribution in [3.05, 3.63) is 23.8 Å². The van der Waals surface area contributed by atoms with Gasteiger partial charge in [0.15, 0.2) is 0 Å². The molecule has 0 spiro atoms. The van der Waals surface area contributed by atoms with Crippen LogP contribution in [0.3, 0.4) is 0 Å². The Morgan fingerprint density at radius 3 is 3.17 bits per heavy atom. The van der Waals surface area contributed by atoms with E-state index in [1.165, 1.54) is 0 Å². The summed E-state index contributed by atoms with van der Waals surface area (Å²) in [5.74, 6) is -7.42. The topological polar surface area (TPSA) is 72.8 Å². The van der Waals surface area contributed by atoms with Gasteiger partial charge in [-0.3, -0.25) is 9.59 Å². The normalized spacial score (nSPS) is 48.1. The van der Waals surface area contributed by atoms with Crippen molar-refractivity contribution in [1.29, 1.82) is 1.43 Å². The predicted octanol–water partition coefficient (Wildman–Crippen LogP) is 4.20. The van der Waals surface area contributed by atoms with Gasteiger partial charge in [-0.15, -0.1) is 0 Å². The van der Waals surface area contributed by atoms with E-state index < -0.39 is 74.4 Å². The fourth-order valence-electron chi connectivity index (χ4n) is 4.50. The highest BCUT2D eigenvalue weighted by Gasteiger charge is 2.42. The lowest BCUT2D eigenvalue weighted by Crippen LogP contribution is -2.42. The monoisotopic (exact) mass is 416 g/mol. The molecule has 0 radical (unpaired) electrons. The van der Waals surface area contributed by atoms with E-state index in [-0.39, 0.29) is 31.1 Å². The van der Waals surface area contributed by atoms with E-state index in [1.807, 2.05) is 13.0 Å². The van der Waals surface area contributed by atoms with Crippen molar-refractivity contribution in [2.24, 2.45) is 29.6 Å². The number of rotatable bonds is 7. The number of esters is 2. The molecule has 1 saturated heterocycles. The number of allylic oxidation sites excluding steroid dienone is 3. The first-order chi connectivity index (χ1) is 18.6. The first kappa shape index (κ1) is 11.1. The fraction of sp³-hybridized carbons (Fsp3) is 0.750. The highest BCUT2D eigenvalue weighted by molar-refractivity contribution is 5.72. The molecule has 8 atom stereocenters. The van der Waals surface area contributed by atoms with Gasteiger partial charge in [0, 0.05) is 27.4 Å². The smallest absolute Gasteiger partial charge is 0.308 e. The molecule has 2 aliphatic carbocycles. The van der Waals surface area contributed by atoms with Gasteiger partial charge in [-0.25, -0.2) is 0 Å². The molecule has 3 aliphatic rings. The summed E-state index contributed by atoms with van der Waals surface area (Å²) in [5.41, 5.74) is 0.577. The maximum Gasteiger partial charge on any atom is 0.308 e. The van der Waals surface area contributed by atoms with Crippen molar-refractivity contribution >= 4 is 11.9 Å². The molecule has 1 fully saturated rings. The van der Waals surface area contributed by atoms with Gasteiger partial charge in [0.05, 0.1) is 18.4 Å². The van der Waals surface area contributed by atoms with Gasteiger partial charge in [0.25, 0.3) is 0 Å². The molecular formula is C24H36O5. The van der Waals surface area contributed by atoms with Gasteiger partial charge in [0.1, 0.15) is 12.2 Å². The maximum absolute atomic E-state index is 13.2. The summed E-state index contributed by atoms with van der Waals surface area (Å²) in [6.07, 6.45) is -3.32. The molecule has 0 amide bonds. The van der Waals surface area contributed by atoms with E-state index in [4.69, 9.17) is 26.0 Å². The van der Waals surface area contributed by atoms with Crippen molar-refractivity contribution in [3.8, 4) is 0 Å². The molecule has 5 nitrogen and oxygen atoms in total. The number of fused-ring (bicyclic) bond motifs is 1. The number of carbonyl (C=O) groups excluding carboxylic acids is 2. The molecular weight excluding hydrogens is 368 g/mol. The summed E-state index contributed by atoms with van der Waals surface area (Å²) in [6.45, 7) is -3.03. The van der Waals surface area contributed by atoms with Crippen molar-refractivity contribution < 1.29 is 39.2 Å². The molecule has 0 aromatic rings. The van der Waals surface area contributed by atoms with Crippen molar-refractivity contribution in [2.75, 3.05) is 0 Å². The zero-order chi connectivity index (χ0) is 31.3. The summed E-state index contributed by atoms with van der Waals surface area (Å²) in [6, 6.07) is 0. The molecule has 0 aromatic carbocycles. The zero-order valence-corrected chi connectivity index (χ0v) is 16.6. The van der Waals surface area contributed by atoms with Gasteiger partial charge < -0.3 is 14.6 Å². The maximum atomic E-state index is 13.2. The lowest BCUT2D eigenvalue weighted by Gasteiger charge is -2.43. The van der Waals surface area contributed by atoms with Crippen LogP contribution in [0.5, 0.6) is 0 Å². The zero-order valence-electron chi connectivity index (χ0n) is 28.6. The molecule has 5 heteroatoms. The van der Waals surface area contributed by atoms with Crippen LogP contribution in [-0.2, 0) is 19.1 Å². The van der Waals surface area contributed by atoms with Crippen LogP contribution in [0.1, 0.15) is 81.1 Å². The van der Waals surface area contributed by atoms with Gasteiger partial charge in [-0.1, -0.05) is 45.8 Å². The largest absolute Gasteiger partial charge is 0.462 e. The Kier molecular flexibility index (Phi) is 3.63. The third-order valence-corrected chi connectivity index (χ3v) is 6.00. The highest BCUT2D eigenvalue weighted by atomic mass is 16.5. The third kappa shape index (κ3) is 5.30. The SMILES string of the molecule is [2H]O[C@@H]1CC(CC[C@@H]2[C@@H]3C(=C[C@H](C([2H])([2H])[2H])C[C@@H]3OC(=O)[C@@]([2H])(C)C([2H])([2H])C([2H])([2H])[2H])C=C[C@@H]2C)OC(=O)C1([2H])[2H]. The van der Waals surface area contributed by atoms with Crippen LogP contribution in [0.25, 0.3) is 0 Å². The Balaban J connectivity index is 1.91. The number of hydrogen-bond donors (Lipinski definition) is 1. The average molecular weight is 417 g/mol. The minimum atomic E-state index is -3.31. The Hall–Kier alpha value is -1.62. The molecule has 29 heavy (non-hydrogen) atoms. The van der Waals surface area contributed by atoms with E-state index in [0.717, 1.165) is 6.92 Å². The molecule has 162 valence electrons. The second kappa shape index (κ2) is 9.46. The summed E-state index contributed by atoms with van der Waals surface area (Å²) >= 11 is 0. The van der Waals surface area contributed by atoms with E-state index in [1.54, 1.807) is 12.2 Å². The molecule has 0 saturated carbocycles. The first-order valence-electron chi connectivity index (χ1n) is 15.9. The first-order valence-corrected chi connectivity index (χ1v) is 9.99. The molecule has 3 rings (SSSR count). The number of cyclic esters (lactones) is 1. The van der Waals surface area contributed by atoms with Crippen LogP contribution in [0.2, 0.25) is 0 Å². The van der Waals surface area contributed by atoms with Crippen LogP contribution < -0.4 is 0 Å². The Bertz CT molecular complexity index is 1060. The third-order valence-electron chi connectivity index (χ3n) is 6.00. The number of carbonyl (C=O) groups is 2. The lowest BCUT2D eigenvalue weighted by molar-refractivity contribution is -0.162. The van der Waals surface area contributed by atoms with Crippen LogP contribution in [0.4, 0.5) is 0 Å². The van der Waals surface area contributed by atoms with Gasteiger partial charge in [0.2, 0.25) is 1.43 Å². The Labute approximate surface area is 191 Å². The van der Waals surface area contributed by atoms with Crippen molar-refractivity contribution in [1.82, 2.24) is 0 Å². The second-order valence-corrected chi connectivity index (χ2v) is 8.08. The van der Waals surface area contributed by atoms with Gasteiger partial charge in [-0.05, 0) is 49.0 Å². The van der Waals surface area contributed by atoms with E-state index >= 15 is 0 Å². The molecule has 0 bridgehead atoms. The summed E-state index contributed by atoms with van der Waals surface area (Å²) in [7, 11) is 0. The number of hydrogen-bond acceptors (Lipinski definition) is 5. The van der Waals surface area contributed by atoms with Crippen LogP contribution in [-0.4, -0.2) is 36.8 Å². The average Bonchev–Trinajstić information content (AvgIpc) is 2.83. The fourth-order valence-corrected chi connectivity index (χ4v) is 4.50. The van der Waals surface area contributed by atoms with Crippen LogP contribution >= 0.6 is 0 Å². The number of aliphatic hydroxyl groups is 1. The molecule has 1 N–H and O–H groups in total. The van der Waals surface area contributed by atoms with Crippen LogP contribution in [0, 0.1) is 29.6 Å². The summed E-state index contributed by atoms with van der Waals surface area (Å²) < 4.78 is 104. The molecule has 1 unspecified atom stereocenters. The van der Waals surface area contributed by atoms with Crippen LogP contribution in [0.15, 0.2) is 23.8 Å². The van der Waals surface area contributed by atoms with Gasteiger partial charge >= 0.3 is 11.9 Å². The number of aliphatic hydroxyl groups excluding tert-OH is 1. The quantitative estimate of drug-likeness (QED) is 0.630. The molecule has 1 aliphatic heterocycles. The van der Waals surface area contributed by atoms with E-state index in [9.17, 15) is 9.59 Å². The Morgan fingerprint density at radius 1 is 1.55 bits per heavy atom. The minimum absolute atomic E-state index is 0.0481. The molecule has 0 aromatic heterocycles. The molecule has 1 heterocycles. The highest BCUT2D eigenvalue weighted by Crippen LogP contribution is 2.45. The van der Waals surface area contributed by atoms with E-state index in [0.29, 0.717) is 12.0 Å². The standard InChI is InChI=1S/C24H36O5/c1-5-15(3)24(27)29-21-11-14(2)10-17-7-6-16(4)20(23(17)21)9-8-19-12-18(25)13-22(26)28-19/h6-7,10,14-16,18-21,23,25H,5,8-9,11-13H2,1-4H3/t14-,15-,16-,18+,19?,20-,21-,23-/m0/s1/i1D3,2D3,5D2,13D2,15D,25D. The van der Waals surface area contributed by atoms with E-state index in [2.05, 4.69) is 5.11 Å². The lowest BCUT2D eigenvalue weighted by atomic mass is 9.65. The summed E-state index contributed by atoms with van der Waals surface area (Å²) in [5, 5.41) is 4.45. The van der Waals surface area contributed by atoms with Crippen molar-refractivity contribution in [2.45, 2.75) is 84.3 Å². The predicted molar refractivity (Wildman–Crippen MR) is 111 cm³/mol. The Morgan fingerprint density at radius 2 is 2.41 bits per heavy atom. The number of ether oxygens (including phenoxy) is 2.